The van der Waals surface area contributed by atoms with Crippen LogP contribution in [0, 0.1) is 0 Å². The minimum atomic E-state index is 0.325. The second-order valence-electron chi connectivity index (χ2n) is 4.75. The van der Waals surface area contributed by atoms with Gasteiger partial charge < -0.3 is 9.84 Å². The molecule has 0 aliphatic carbocycles. The van der Waals surface area contributed by atoms with Gasteiger partial charge in [0, 0.05) is 0 Å². The van der Waals surface area contributed by atoms with Gasteiger partial charge in [-0.05, 0) is 61.6 Å². The van der Waals surface area contributed by atoms with E-state index in [1.807, 2.05) is 37.3 Å². The van der Waals surface area contributed by atoms with Gasteiger partial charge in [-0.3, -0.25) is 0 Å². The third kappa shape index (κ3) is 4.47. The molecule has 0 amide bonds. The van der Waals surface area contributed by atoms with Gasteiger partial charge in [0.2, 0.25) is 0 Å². The van der Waals surface area contributed by atoms with Crippen LogP contribution >= 0.6 is 0 Å². The van der Waals surface area contributed by atoms with Gasteiger partial charge in [-0.15, -0.1) is 0 Å². The number of phenols is 1. The molecule has 0 aliphatic heterocycles. The summed E-state index contributed by atoms with van der Waals surface area (Å²) in [5.74, 6) is 1.19. The van der Waals surface area contributed by atoms with Crippen LogP contribution in [-0.2, 0) is 12.8 Å². The number of ether oxygens (including phenoxy) is 1. The van der Waals surface area contributed by atoms with Gasteiger partial charge >= 0.3 is 0 Å². The fraction of sp³-hybridized carbons (Fsp3) is 0.222. The minimum Gasteiger partial charge on any atom is -0.508 e. The highest BCUT2D eigenvalue weighted by Crippen LogP contribution is 2.16. The largest absolute Gasteiger partial charge is 0.508 e. The van der Waals surface area contributed by atoms with E-state index in [2.05, 4.69) is 12.1 Å². The Balaban J connectivity index is 1.80. The molecular formula is C18H20O2. The highest BCUT2D eigenvalue weighted by atomic mass is 16.5. The van der Waals surface area contributed by atoms with Crippen molar-refractivity contribution in [3.8, 4) is 11.5 Å². The SMILES string of the molecule is C/C=C/Oc1ccc(CCCc2ccc(O)cc2)cc1. The molecule has 0 radical (unpaired) electrons. The molecule has 2 heteroatoms. The van der Waals surface area contributed by atoms with Crippen molar-refractivity contribution >= 4 is 0 Å². The molecule has 0 spiro atoms. The number of aromatic hydroxyl groups is 1. The summed E-state index contributed by atoms with van der Waals surface area (Å²) >= 11 is 0. The van der Waals surface area contributed by atoms with Crippen LogP contribution < -0.4 is 4.74 Å². The van der Waals surface area contributed by atoms with E-state index >= 15 is 0 Å². The summed E-state index contributed by atoms with van der Waals surface area (Å²) in [5, 5.41) is 9.23. The third-order valence-corrected chi connectivity index (χ3v) is 3.13. The average molecular weight is 268 g/mol. The zero-order valence-corrected chi connectivity index (χ0v) is 11.8. The molecule has 2 nitrogen and oxygen atoms in total. The quantitative estimate of drug-likeness (QED) is 0.783. The highest BCUT2D eigenvalue weighted by Gasteiger charge is 1.97. The van der Waals surface area contributed by atoms with Gasteiger partial charge in [0.1, 0.15) is 11.5 Å². The van der Waals surface area contributed by atoms with Crippen LogP contribution in [0.15, 0.2) is 60.9 Å². The number of aryl methyl sites for hydroxylation is 2. The molecular weight excluding hydrogens is 248 g/mol. The minimum absolute atomic E-state index is 0.325. The van der Waals surface area contributed by atoms with E-state index in [9.17, 15) is 5.11 Å². The zero-order valence-electron chi connectivity index (χ0n) is 11.8. The summed E-state index contributed by atoms with van der Waals surface area (Å²) in [6.07, 6.45) is 6.72. The Morgan fingerprint density at radius 3 is 2.00 bits per heavy atom. The molecule has 0 fully saturated rings. The molecule has 0 saturated carbocycles. The molecule has 0 aromatic heterocycles. The fourth-order valence-electron chi connectivity index (χ4n) is 2.04. The van der Waals surface area contributed by atoms with Crippen molar-refractivity contribution in [1.29, 1.82) is 0 Å². The van der Waals surface area contributed by atoms with Crippen LogP contribution in [0.25, 0.3) is 0 Å². The smallest absolute Gasteiger partial charge is 0.126 e. The maximum absolute atomic E-state index is 9.23. The van der Waals surface area contributed by atoms with E-state index in [0.29, 0.717) is 5.75 Å². The summed E-state index contributed by atoms with van der Waals surface area (Å²) in [6.45, 7) is 1.93. The summed E-state index contributed by atoms with van der Waals surface area (Å²) in [4.78, 5) is 0. The Kier molecular flexibility index (Phi) is 5.24. The monoisotopic (exact) mass is 268 g/mol. The van der Waals surface area contributed by atoms with Crippen molar-refractivity contribution in [3.63, 3.8) is 0 Å². The van der Waals surface area contributed by atoms with E-state index in [1.165, 1.54) is 11.1 Å². The number of hydrogen-bond acceptors (Lipinski definition) is 2. The van der Waals surface area contributed by atoms with E-state index in [4.69, 9.17) is 4.74 Å². The van der Waals surface area contributed by atoms with Gasteiger partial charge in [0.05, 0.1) is 6.26 Å². The number of hydrogen-bond donors (Lipinski definition) is 1. The zero-order chi connectivity index (χ0) is 14.2. The summed E-state index contributed by atoms with van der Waals surface area (Å²) in [7, 11) is 0. The number of phenolic OH excluding ortho intramolecular Hbond substituents is 1. The van der Waals surface area contributed by atoms with E-state index in [-0.39, 0.29) is 0 Å². The van der Waals surface area contributed by atoms with Crippen LogP contribution in [0.2, 0.25) is 0 Å². The number of rotatable bonds is 6. The Bertz CT molecular complexity index is 539. The maximum atomic E-state index is 9.23. The van der Waals surface area contributed by atoms with E-state index < -0.39 is 0 Å². The van der Waals surface area contributed by atoms with Crippen molar-refractivity contribution in [3.05, 3.63) is 72.0 Å². The highest BCUT2D eigenvalue weighted by molar-refractivity contribution is 5.28. The normalized spacial score (nSPS) is 10.8. The first-order valence-corrected chi connectivity index (χ1v) is 6.92. The first kappa shape index (κ1) is 14.2. The third-order valence-electron chi connectivity index (χ3n) is 3.13. The van der Waals surface area contributed by atoms with Crippen LogP contribution in [0.1, 0.15) is 24.5 Å². The van der Waals surface area contributed by atoms with Crippen LogP contribution in [0.4, 0.5) is 0 Å². The van der Waals surface area contributed by atoms with Crippen LogP contribution in [-0.4, -0.2) is 5.11 Å². The van der Waals surface area contributed by atoms with Crippen molar-refractivity contribution in [2.45, 2.75) is 26.2 Å². The second kappa shape index (κ2) is 7.39. The molecule has 20 heavy (non-hydrogen) atoms. The van der Waals surface area contributed by atoms with Crippen LogP contribution in [0.3, 0.4) is 0 Å². The Morgan fingerprint density at radius 2 is 1.45 bits per heavy atom. The van der Waals surface area contributed by atoms with Crippen LogP contribution in [0.5, 0.6) is 11.5 Å². The lowest BCUT2D eigenvalue weighted by Crippen LogP contribution is -1.90. The predicted octanol–water partition coefficient (Wildman–Crippen LogP) is 4.48. The topological polar surface area (TPSA) is 29.5 Å². The molecule has 0 atom stereocenters. The molecule has 2 aromatic rings. The lowest BCUT2D eigenvalue weighted by atomic mass is 10.0. The predicted molar refractivity (Wildman–Crippen MR) is 82.0 cm³/mol. The van der Waals surface area contributed by atoms with Crippen molar-refractivity contribution in [2.75, 3.05) is 0 Å². The van der Waals surface area contributed by atoms with Gasteiger partial charge in [0.25, 0.3) is 0 Å². The second-order valence-corrected chi connectivity index (χ2v) is 4.75. The molecule has 0 heterocycles. The first-order valence-electron chi connectivity index (χ1n) is 6.92. The van der Waals surface area contributed by atoms with Crippen molar-refractivity contribution < 1.29 is 9.84 Å². The number of allylic oxidation sites excluding steroid dienone is 1. The summed E-state index contributed by atoms with van der Waals surface area (Å²) < 4.78 is 5.39. The van der Waals surface area contributed by atoms with Crippen molar-refractivity contribution in [2.24, 2.45) is 0 Å². The Hall–Kier alpha value is -2.22. The first-order chi connectivity index (χ1) is 9.78. The number of benzene rings is 2. The lowest BCUT2D eigenvalue weighted by molar-refractivity contribution is 0.475. The average Bonchev–Trinajstić information content (AvgIpc) is 2.48. The standard InChI is InChI=1S/C18H20O2/c1-2-14-20-18-12-8-16(9-13-18)5-3-4-15-6-10-17(19)11-7-15/h2,6-14,19H,3-5H2,1H3/b14-2+. The molecule has 0 saturated heterocycles. The Morgan fingerprint density at radius 1 is 0.900 bits per heavy atom. The molecule has 2 aromatic carbocycles. The molecule has 0 bridgehead atoms. The van der Waals surface area contributed by atoms with E-state index in [0.717, 1.165) is 25.0 Å². The molecule has 2 rings (SSSR count). The van der Waals surface area contributed by atoms with E-state index in [1.54, 1.807) is 18.4 Å². The maximum Gasteiger partial charge on any atom is 0.126 e. The van der Waals surface area contributed by atoms with Gasteiger partial charge in [-0.2, -0.15) is 0 Å². The van der Waals surface area contributed by atoms with Gasteiger partial charge in [-0.1, -0.05) is 30.3 Å². The molecule has 0 aliphatic rings. The van der Waals surface area contributed by atoms with Crippen molar-refractivity contribution in [1.82, 2.24) is 0 Å². The van der Waals surface area contributed by atoms with Gasteiger partial charge in [0.15, 0.2) is 0 Å². The molecule has 0 unspecified atom stereocenters. The lowest BCUT2D eigenvalue weighted by Gasteiger charge is -2.04. The van der Waals surface area contributed by atoms with Gasteiger partial charge in [-0.25, -0.2) is 0 Å². The molecule has 104 valence electrons. The summed E-state index contributed by atoms with van der Waals surface area (Å²) in [5.41, 5.74) is 2.58. The Labute approximate surface area is 120 Å². The molecule has 1 N–H and O–H groups in total. The summed E-state index contributed by atoms with van der Waals surface area (Å²) in [6, 6.07) is 15.6. The fourth-order valence-corrected chi connectivity index (χ4v) is 2.04.